The number of carbonyl (C=O) groups is 1. The van der Waals surface area contributed by atoms with Gasteiger partial charge < -0.3 is 9.47 Å². The Balaban J connectivity index is 2.17. The number of esters is 1. The second-order valence-corrected chi connectivity index (χ2v) is 4.65. The molecule has 0 aliphatic carbocycles. The summed E-state index contributed by atoms with van der Waals surface area (Å²) >= 11 is 0. The van der Waals surface area contributed by atoms with Gasteiger partial charge in [0, 0.05) is 0 Å². The summed E-state index contributed by atoms with van der Waals surface area (Å²) in [5, 5.41) is 0. The first kappa shape index (κ1) is 12.8. The van der Waals surface area contributed by atoms with E-state index < -0.39 is 0 Å². The molecule has 1 saturated heterocycles. The molecule has 3 heteroatoms. The van der Waals surface area contributed by atoms with Crippen LogP contribution in [-0.4, -0.2) is 19.2 Å². The smallest absolute Gasteiger partial charge is 0.335 e. The monoisotopic (exact) mass is 246 g/mol. The molecule has 0 N–H and O–H groups in total. The lowest BCUT2D eigenvalue weighted by atomic mass is 9.95. The van der Waals surface area contributed by atoms with Crippen molar-refractivity contribution >= 4 is 5.97 Å². The van der Waals surface area contributed by atoms with Crippen molar-refractivity contribution in [2.24, 2.45) is 5.92 Å². The van der Waals surface area contributed by atoms with Crippen LogP contribution >= 0.6 is 0 Å². The molecule has 0 amide bonds. The highest BCUT2D eigenvalue weighted by molar-refractivity contribution is 5.87. The van der Waals surface area contributed by atoms with E-state index in [0.717, 1.165) is 12.0 Å². The average molecular weight is 246 g/mol. The molecule has 0 spiro atoms. The van der Waals surface area contributed by atoms with Crippen LogP contribution in [0.3, 0.4) is 0 Å². The maximum absolute atomic E-state index is 11.5. The summed E-state index contributed by atoms with van der Waals surface area (Å²) in [6, 6.07) is 10.1. The third kappa shape index (κ3) is 2.99. The van der Waals surface area contributed by atoms with Gasteiger partial charge in [0.25, 0.3) is 0 Å². The lowest BCUT2D eigenvalue weighted by molar-refractivity contribution is -0.139. The SMILES string of the molecule is C=C1COC(c2ccccc2)C(C)CCOC1=O. The minimum Gasteiger partial charge on any atom is -0.462 e. The molecule has 3 nitrogen and oxygen atoms in total. The average Bonchev–Trinajstić information content (AvgIpc) is 2.44. The molecule has 0 aromatic heterocycles. The Labute approximate surface area is 107 Å². The molecule has 2 atom stereocenters. The van der Waals surface area contributed by atoms with Crippen molar-refractivity contribution in [2.45, 2.75) is 19.4 Å². The standard InChI is InChI=1S/C15H18O3/c1-11-8-9-17-15(16)12(2)10-18-14(11)13-6-4-3-5-7-13/h3-7,11,14H,2,8-10H2,1H3. The van der Waals surface area contributed by atoms with Gasteiger partial charge in [-0.3, -0.25) is 0 Å². The number of cyclic esters (lactones) is 1. The number of benzene rings is 1. The number of carbonyl (C=O) groups excluding carboxylic acids is 1. The van der Waals surface area contributed by atoms with Crippen molar-refractivity contribution in [1.82, 2.24) is 0 Å². The molecule has 2 rings (SSSR count). The number of hydrogen-bond donors (Lipinski definition) is 0. The van der Waals surface area contributed by atoms with Crippen LogP contribution in [0.25, 0.3) is 0 Å². The zero-order valence-electron chi connectivity index (χ0n) is 10.6. The molecule has 0 bridgehead atoms. The van der Waals surface area contributed by atoms with Gasteiger partial charge in [0.1, 0.15) is 0 Å². The lowest BCUT2D eigenvalue weighted by Gasteiger charge is -2.23. The topological polar surface area (TPSA) is 35.5 Å². The predicted molar refractivity (Wildman–Crippen MR) is 69.0 cm³/mol. The van der Waals surface area contributed by atoms with Gasteiger partial charge in [-0.15, -0.1) is 0 Å². The Bertz CT molecular complexity index is 425. The van der Waals surface area contributed by atoms with E-state index in [9.17, 15) is 4.79 Å². The van der Waals surface area contributed by atoms with Crippen LogP contribution in [0.4, 0.5) is 0 Å². The van der Waals surface area contributed by atoms with E-state index in [4.69, 9.17) is 9.47 Å². The van der Waals surface area contributed by atoms with Crippen molar-refractivity contribution in [3.05, 3.63) is 48.0 Å². The second-order valence-electron chi connectivity index (χ2n) is 4.65. The van der Waals surface area contributed by atoms with E-state index in [2.05, 4.69) is 13.5 Å². The maximum Gasteiger partial charge on any atom is 0.335 e. The number of hydrogen-bond acceptors (Lipinski definition) is 3. The normalized spacial score (nSPS) is 25.8. The van der Waals surface area contributed by atoms with E-state index in [1.54, 1.807) is 0 Å². The molecular weight excluding hydrogens is 228 g/mol. The Morgan fingerprint density at radius 1 is 1.28 bits per heavy atom. The van der Waals surface area contributed by atoms with Crippen molar-refractivity contribution in [3.63, 3.8) is 0 Å². The van der Waals surface area contributed by atoms with Crippen LogP contribution < -0.4 is 0 Å². The van der Waals surface area contributed by atoms with E-state index >= 15 is 0 Å². The van der Waals surface area contributed by atoms with Crippen LogP contribution in [0.15, 0.2) is 42.5 Å². The zero-order valence-corrected chi connectivity index (χ0v) is 10.6. The summed E-state index contributed by atoms with van der Waals surface area (Å²) in [6.45, 7) is 6.45. The molecule has 1 aromatic carbocycles. The Morgan fingerprint density at radius 3 is 2.72 bits per heavy atom. The van der Waals surface area contributed by atoms with Gasteiger partial charge >= 0.3 is 5.97 Å². The van der Waals surface area contributed by atoms with Crippen LogP contribution in [0.1, 0.15) is 25.0 Å². The van der Waals surface area contributed by atoms with Gasteiger partial charge in [-0.25, -0.2) is 4.79 Å². The summed E-state index contributed by atoms with van der Waals surface area (Å²) in [5.41, 5.74) is 1.51. The largest absolute Gasteiger partial charge is 0.462 e. The van der Waals surface area contributed by atoms with Crippen molar-refractivity contribution in [2.75, 3.05) is 13.2 Å². The minimum absolute atomic E-state index is 0.0163. The van der Waals surface area contributed by atoms with E-state index in [-0.39, 0.29) is 18.7 Å². The summed E-state index contributed by atoms with van der Waals surface area (Å²) in [5.74, 6) is -0.0537. The van der Waals surface area contributed by atoms with Gasteiger partial charge in [-0.2, -0.15) is 0 Å². The van der Waals surface area contributed by atoms with Crippen molar-refractivity contribution in [3.8, 4) is 0 Å². The van der Waals surface area contributed by atoms with E-state index in [1.807, 2.05) is 30.3 Å². The zero-order chi connectivity index (χ0) is 13.0. The molecule has 96 valence electrons. The number of ether oxygens (including phenoxy) is 2. The minimum atomic E-state index is -0.351. The van der Waals surface area contributed by atoms with Crippen LogP contribution in [0, 0.1) is 5.92 Å². The molecule has 1 aliphatic heterocycles. The van der Waals surface area contributed by atoms with Gasteiger partial charge in [-0.05, 0) is 17.9 Å². The first-order valence-electron chi connectivity index (χ1n) is 6.20. The van der Waals surface area contributed by atoms with Crippen LogP contribution in [0.5, 0.6) is 0 Å². The van der Waals surface area contributed by atoms with E-state index in [1.165, 1.54) is 0 Å². The molecule has 1 fully saturated rings. The van der Waals surface area contributed by atoms with Crippen molar-refractivity contribution < 1.29 is 14.3 Å². The van der Waals surface area contributed by atoms with Gasteiger partial charge in [-0.1, -0.05) is 43.8 Å². The summed E-state index contributed by atoms with van der Waals surface area (Å²) in [7, 11) is 0. The molecular formula is C15H18O3. The number of rotatable bonds is 1. The third-order valence-electron chi connectivity index (χ3n) is 3.18. The van der Waals surface area contributed by atoms with Gasteiger partial charge in [0.05, 0.1) is 24.9 Å². The molecule has 0 saturated carbocycles. The molecule has 1 aromatic rings. The highest BCUT2D eigenvalue weighted by atomic mass is 16.5. The lowest BCUT2D eigenvalue weighted by Crippen LogP contribution is -2.15. The first-order valence-corrected chi connectivity index (χ1v) is 6.20. The molecule has 2 unspecified atom stereocenters. The third-order valence-corrected chi connectivity index (χ3v) is 3.18. The highest BCUT2D eigenvalue weighted by Crippen LogP contribution is 2.29. The maximum atomic E-state index is 11.5. The van der Waals surface area contributed by atoms with E-state index in [0.29, 0.717) is 18.1 Å². The fourth-order valence-electron chi connectivity index (χ4n) is 2.07. The van der Waals surface area contributed by atoms with Crippen LogP contribution in [0.2, 0.25) is 0 Å². The van der Waals surface area contributed by atoms with Gasteiger partial charge in [0.2, 0.25) is 0 Å². The Hall–Kier alpha value is -1.61. The first-order chi connectivity index (χ1) is 8.68. The Morgan fingerprint density at radius 2 is 2.00 bits per heavy atom. The molecule has 0 radical (unpaired) electrons. The fourth-order valence-corrected chi connectivity index (χ4v) is 2.07. The quantitative estimate of drug-likeness (QED) is 0.564. The molecule has 18 heavy (non-hydrogen) atoms. The highest BCUT2D eigenvalue weighted by Gasteiger charge is 2.23. The van der Waals surface area contributed by atoms with Crippen molar-refractivity contribution in [1.29, 1.82) is 0 Å². The summed E-state index contributed by atoms with van der Waals surface area (Å²) in [4.78, 5) is 11.5. The summed E-state index contributed by atoms with van der Waals surface area (Å²) < 4.78 is 11.0. The molecule has 1 aliphatic rings. The van der Waals surface area contributed by atoms with Crippen LogP contribution in [-0.2, 0) is 14.3 Å². The fraction of sp³-hybridized carbons (Fsp3) is 0.400. The van der Waals surface area contributed by atoms with Gasteiger partial charge in [0.15, 0.2) is 0 Å². The Kier molecular flexibility index (Phi) is 4.15. The molecule has 1 heterocycles. The predicted octanol–water partition coefficient (Wildman–Crippen LogP) is 2.88. The summed E-state index contributed by atoms with van der Waals surface area (Å²) in [6.07, 6.45) is 0.774. The second kappa shape index (κ2) is 5.83.